The van der Waals surface area contributed by atoms with E-state index in [1.54, 1.807) is 12.1 Å². The van der Waals surface area contributed by atoms with Gasteiger partial charge in [-0.15, -0.1) is 0 Å². The predicted molar refractivity (Wildman–Crippen MR) is 76.8 cm³/mol. The Morgan fingerprint density at radius 1 is 1.00 bits per heavy atom. The van der Waals surface area contributed by atoms with Gasteiger partial charge in [-0.25, -0.2) is 0 Å². The first-order valence-electron chi connectivity index (χ1n) is 6.05. The molecule has 7 heteroatoms. The first kappa shape index (κ1) is 15.0. The fourth-order valence-corrected chi connectivity index (χ4v) is 2.81. The van der Waals surface area contributed by atoms with E-state index < -0.39 is 15.0 Å². The number of hydrogen-bond acceptors (Lipinski definition) is 5. The normalized spacial score (nSPS) is 11.1. The number of hydrogen-bond donors (Lipinski definition) is 0. The van der Waals surface area contributed by atoms with Gasteiger partial charge in [0.2, 0.25) is 0 Å². The van der Waals surface area contributed by atoms with Gasteiger partial charge in [0.05, 0.1) is 4.92 Å². The lowest BCUT2D eigenvalue weighted by Crippen LogP contribution is -2.10. The van der Waals surface area contributed by atoms with E-state index in [4.69, 9.17) is 4.18 Å². The van der Waals surface area contributed by atoms with Crippen molar-refractivity contribution >= 4 is 15.8 Å². The molecule has 0 aliphatic carbocycles. The number of nitro benzene ring substituents is 1. The van der Waals surface area contributed by atoms with Crippen LogP contribution in [0.25, 0.3) is 0 Å². The average Bonchev–Trinajstić information content (AvgIpc) is 2.37. The molecule has 0 aliphatic heterocycles. The number of aryl methyl sites for hydroxylation is 2. The van der Waals surface area contributed by atoms with Gasteiger partial charge in [0.1, 0.15) is 10.6 Å². The fourth-order valence-electron chi connectivity index (χ4n) is 1.89. The van der Waals surface area contributed by atoms with Gasteiger partial charge in [0.15, 0.2) is 0 Å². The minimum Gasteiger partial charge on any atom is -0.379 e. The highest BCUT2D eigenvalue weighted by atomic mass is 32.2. The Morgan fingerprint density at radius 3 is 2.00 bits per heavy atom. The summed E-state index contributed by atoms with van der Waals surface area (Å²) in [6, 6.07) is 9.65. The highest BCUT2D eigenvalue weighted by Gasteiger charge is 2.18. The smallest absolute Gasteiger partial charge is 0.339 e. The van der Waals surface area contributed by atoms with Crippen LogP contribution in [0.5, 0.6) is 5.75 Å². The number of benzene rings is 2. The summed E-state index contributed by atoms with van der Waals surface area (Å²) in [5, 5.41) is 10.6. The van der Waals surface area contributed by atoms with Crippen LogP contribution in [-0.4, -0.2) is 13.3 Å². The first-order chi connectivity index (χ1) is 9.78. The van der Waals surface area contributed by atoms with Gasteiger partial charge >= 0.3 is 10.1 Å². The number of nitrogens with zero attached hydrogens (tertiary/aromatic N) is 1. The Labute approximate surface area is 122 Å². The Morgan fingerprint density at radius 2 is 1.52 bits per heavy atom. The minimum atomic E-state index is -4.01. The maximum absolute atomic E-state index is 12.1. The molecule has 0 aliphatic rings. The number of rotatable bonds is 4. The van der Waals surface area contributed by atoms with Crippen molar-refractivity contribution in [3.8, 4) is 5.75 Å². The topological polar surface area (TPSA) is 86.5 Å². The quantitative estimate of drug-likeness (QED) is 0.492. The van der Waals surface area contributed by atoms with Crippen molar-refractivity contribution in [2.45, 2.75) is 18.7 Å². The summed E-state index contributed by atoms with van der Waals surface area (Å²) in [5.74, 6) is 0.214. The van der Waals surface area contributed by atoms with Crippen molar-refractivity contribution in [3.63, 3.8) is 0 Å². The molecule has 0 amide bonds. The third-order valence-corrected chi connectivity index (χ3v) is 4.00. The van der Waals surface area contributed by atoms with Gasteiger partial charge in [0, 0.05) is 12.1 Å². The number of non-ortho nitro benzene ring substituents is 1. The summed E-state index contributed by atoms with van der Waals surface area (Å²) in [5.41, 5.74) is 1.58. The van der Waals surface area contributed by atoms with Crippen LogP contribution >= 0.6 is 0 Å². The maximum Gasteiger partial charge on any atom is 0.339 e. The van der Waals surface area contributed by atoms with Crippen molar-refractivity contribution in [1.82, 2.24) is 0 Å². The standard InChI is InChI=1S/C14H13NO5S/c1-10-7-11(2)9-13(8-10)20-21(18,19)14-5-3-12(4-6-14)15(16)17/h3-9H,1-2H3. The molecule has 0 spiro atoms. The molecule has 2 rings (SSSR count). The second kappa shape index (κ2) is 5.53. The van der Waals surface area contributed by atoms with Crippen LogP contribution in [0, 0.1) is 24.0 Å². The summed E-state index contributed by atoms with van der Waals surface area (Å²) in [6.45, 7) is 3.66. The van der Waals surface area contributed by atoms with Crippen LogP contribution in [-0.2, 0) is 10.1 Å². The highest BCUT2D eigenvalue weighted by Crippen LogP contribution is 2.22. The summed E-state index contributed by atoms with van der Waals surface area (Å²) in [4.78, 5) is 9.82. The molecule has 0 aromatic heterocycles. The minimum absolute atomic E-state index is 0.132. The number of nitro groups is 1. The molecular weight excluding hydrogens is 294 g/mol. The van der Waals surface area contributed by atoms with Crippen LogP contribution in [0.2, 0.25) is 0 Å². The lowest BCUT2D eigenvalue weighted by atomic mass is 10.1. The molecule has 0 unspecified atom stereocenters. The SMILES string of the molecule is Cc1cc(C)cc(OS(=O)(=O)c2ccc([N+](=O)[O-])cc2)c1. The maximum atomic E-state index is 12.1. The molecule has 0 N–H and O–H groups in total. The average molecular weight is 307 g/mol. The van der Waals surface area contributed by atoms with Crippen molar-refractivity contribution in [2.75, 3.05) is 0 Å². The van der Waals surface area contributed by atoms with Crippen LogP contribution in [0.4, 0.5) is 5.69 Å². The van der Waals surface area contributed by atoms with Crippen molar-refractivity contribution in [1.29, 1.82) is 0 Å². The summed E-state index contributed by atoms with van der Waals surface area (Å²) in [7, 11) is -4.01. The lowest BCUT2D eigenvalue weighted by molar-refractivity contribution is -0.384. The van der Waals surface area contributed by atoms with Crippen LogP contribution < -0.4 is 4.18 Å². The van der Waals surface area contributed by atoms with Gasteiger partial charge in [-0.05, 0) is 49.2 Å². The third kappa shape index (κ3) is 3.57. The Hall–Kier alpha value is -2.41. The molecule has 110 valence electrons. The summed E-state index contributed by atoms with van der Waals surface area (Å²) in [6.07, 6.45) is 0. The largest absolute Gasteiger partial charge is 0.379 e. The fraction of sp³-hybridized carbons (Fsp3) is 0.143. The van der Waals surface area contributed by atoms with E-state index in [1.165, 1.54) is 0 Å². The van der Waals surface area contributed by atoms with Gasteiger partial charge in [-0.1, -0.05) is 6.07 Å². The van der Waals surface area contributed by atoms with Gasteiger partial charge in [0.25, 0.3) is 5.69 Å². The molecule has 6 nitrogen and oxygen atoms in total. The second-order valence-corrected chi connectivity index (χ2v) is 6.16. The monoisotopic (exact) mass is 307 g/mol. The van der Waals surface area contributed by atoms with E-state index in [-0.39, 0.29) is 16.3 Å². The van der Waals surface area contributed by atoms with Crippen molar-refractivity contribution < 1.29 is 17.5 Å². The van der Waals surface area contributed by atoms with Gasteiger partial charge in [-0.2, -0.15) is 8.42 Å². The van der Waals surface area contributed by atoms with E-state index >= 15 is 0 Å². The highest BCUT2D eigenvalue weighted by molar-refractivity contribution is 7.87. The van der Waals surface area contributed by atoms with Crippen molar-refractivity contribution in [3.05, 3.63) is 63.7 Å². The zero-order valence-corrected chi connectivity index (χ0v) is 12.3. The van der Waals surface area contributed by atoms with Crippen LogP contribution in [0.1, 0.15) is 11.1 Å². The second-order valence-electron chi connectivity index (χ2n) is 4.61. The summed E-state index contributed by atoms with van der Waals surface area (Å²) < 4.78 is 29.3. The summed E-state index contributed by atoms with van der Waals surface area (Å²) >= 11 is 0. The Balaban J connectivity index is 2.31. The zero-order chi connectivity index (χ0) is 15.6. The first-order valence-corrected chi connectivity index (χ1v) is 7.46. The van der Waals surface area contributed by atoms with E-state index in [2.05, 4.69) is 0 Å². The van der Waals surface area contributed by atoms with E-state index in [9.17, 15) is 18.5 Å². The van der Waals surface area contributed by atoms with E-state index in [0.717, 1.165) is 35.4 Å². The molecule has 0 saturated carbocycles. The molecular formula is C14H13NO5S. The lowest BCUT2D eigenvalue weighted by Gasteiger charge is -2.08. The van der Waals surface area contributed by atoms with Crippen LogP contribution in [0.15, 0.2) is 47.4 Å². The molecule has 0 heterocycles. The molecule has 0 bridgehead atoms. The third-order valence-electron chi connectivity index (χ3n) is 2.74. The molecule has 21 heavy (non-hydrogen) atoms. The molecule has 2 aromatic rings. The van der Waals surface area contributed by atoms with Crippen LogP contribution in [0.3, 0.4) is 0 Å². The van der Waals surface area contributed by atoms with Gasteiger partial charge in [-0.3, -0.25) is 10.1 Å². The molecule has 0 saturated heterocycles. The molecule has 0 fully saturated rings. The van der Waals surface area contributed by atoms with E-state index in [0.29, 0.717) is 0 Å². The molecule has 2 aromatic carbocycles. The Bertz CT molecular complexity index is 761. The zero-order valence-electron chi connectivity index (χ0n) is 11.4. The molecule has 0 atom stereocenters. The van der Waals surface area contributed by atoms with Gasteiger partial charge < -0.3 is 4.18 Å². The Kier molecular flexibility index (Phi) is 3.95. The predicted octanol–water partition coefficient (Wildman–Crippen LogP) is 2.98. The van der Waals surface area contributed by atoms with E-state index in [1.807, 2.05) is 19.9 Å². The van der Waals surface area contributed by atoms with Crippen molar-refractivity contribution in [2.24, 2.45) is 0 Å². The molecule has 0 radical (unpaired) electrons.